The number of carbonyl (C=O) groups excluding carboxylic acids is 1. The van der Waals surface area contributed by atoms with E-state index < -0.39 is 6.09 Å². The minimum atomic E-state index is -0.460. The van der Waals surface area contributed by atoms with Crippen LogP contribution in [0.1, 0.15) is 26.7 Å². The summed E-state index contributed by atoms with van der Waals surface area (Å²) in [7, 11) is 4.05. The van der Waals surface area contributed by atoms with E-state index in [1.807, 2.05) is 25.8 Å². The highest BCUT2D eigenvalue weighted by molar-refractivity contribution is 7.80. The molecule has 0 atom stereocenters. The van der Waals surface area contributed by atoms with Crippen molar-refractivity contribution < 1.29 is 9.53 Å². The third-order valence-corrected chi connectivity index (χ3v) is 3.70. The van der Waals surface area contributed by atoms with E-state index in [4.69, 9.17) is 17.0 Å². The Kier molecular flexibility index (Phi) is 6.51. The normalized spacial score (nSPS) is 17.3. The summed E-state index contributed by atoms with van der Waals surface area (Å²) in [5.74, 6) is 0.325. The molecule has 110 valence electrons. The van der Waals surface area contributed by atoms with Crippen LogP contribution < -0.4 is 5.32 Å². The highest BCUT2D eigenvalue weighted by Gasteiger charge is 2.23. The van der Waals surface area contributed by atoms with Crippen molar-refractivity contribution in [3.8, 4) is 0 Å². The predicted octanol–water partition coefficient (Wildman–Crippen LogP) is 1.68. The first-order valence-electron chi connectivity index (χ1n) is 6.79. The molecule has 5 nitrogen and oxygen atoms in total. The maximum atomic E-state index is 11.5. The van der Waals surface area contributed by atoms with Crippen molar-refractivity contribution in [3.63, 3.8) is 0 Å². The van der Waals surface area contributed by atoms with E-state index in [0.717, 1.165) is 25.9 Å². The maximum absolute atomic E-state index is 11.5. The third kappa shape index (κ3) is 5.74. The summed E-state index contributed by atoms with van der Waals surface area (Å²) < 4.78 is 5.06. The molecule has 0 saturated carbocycles. The van der Waals surface area contributed by atoms with Crippen molar-refractivity contribution in [2.45, 2.75) is 32.7 Å². The summed E-state index contributed by atoms with van der Waals surface area (Å²) in [6, 6.07) is 0.397. The van der Waals surface area contributed by atoms with Crippen LogP contribution in [0.25, 0.3) is 0 Å². The van der Waals surface area contributed by atoms with Gasteiger partial charge in [0.05, 0.1) is 6.61 Å². The van der Waals surface area contributed by atoms with Gasteiger partial charge < -0.3 is 14.5 Å². The molecule has 1 heterocycles. The van der Waals surface area contributed by atoms with Gasteiger partial charge in [-0.25, -0.2) is 4.79 Å². The van der Waals surface area contributed by atoms with E-state index in [9.17, 15) is 4.79 Å². The minimum absolute atomic E-state index is 0.325. The molecule has 0 spiro atoms. The Balaban J connectivity index is 2.34. The zero-order valence-corrected chi connectivity index (χ0v) is 13.1. The van der Waals surface area contributed by atoms with Gasteiger partial charge in [0.2, 0.25) is 0 Å². The average molecular weight is 287 g/mol. The molecular formula is C13H25N3O2S. The van der Waals surface area contributed by atoms with Gasteiger partial charge in [-0.3, -0.25) is 5.32 Å². The lowest BCUT2D eigenvalue weighted by Gasteiger charge is -2.36. The Morgan fingerprint density at radius 3 is 2.58 bits per heavy atom. The minimum Gasteiger partial charge on any atom is -0.449 e. The molecule has 0 unspecified atom stereocenters. The van der Waals surface area contributed by atoms with E-state index in [2.05, 4.69) is 17.3 Å². The van der Waals surface area contributed by atoms with Crippen LogP contribution in [0.5, 0.6) is 0 Å². The number of amides is 1. The number of hydrogen-bond acceptors (Lipinski definition) is 4. The molecule has 0 radical (unpaired) electrons. The fourth-order valence-corrected chi connectivity index (χ4v) is 2.23. The van der Waals surface area contributed by atoms with Crippen LogP contribution in [0, 0.1) is 5.92 Å². The van der Waals surface area contributed by atoms with Crippen LogP contribution >= 0.6 is 12.2 Å². The SMILES string of the molecule is CC(C)COC(=O)NC(=S)N(C)C1CCN(C)CC1. The van der Waals surface area contributed by atoms with E-state index in [-0.39, 0.29) is 0 Å². The van der Waals surface area contributed by atoms with Crippen molar-refractivity contribution in [2.24, 2.45) is 5.92 Å². The lowest BCUT2D eigenvalue weighted by atomic mass is 10.0. The highest BCUT2D eigenvalue weighted by Crippen LogP contribution is 2.14. The number of rotatable bonds is 3. The monoisotopic (exact) mass is 287 g/mol. The highest BCUT2D eigenvalue weighted by atomic mass is 32.1. The zero-order chi connectivity index (χ0) is 14.4. The summed E-state index contributed by atoms with van der Waals surface area (Å²) in [4.78, 5) is 15.8. The van der Waals surface area contributed by atoms with Gasteiger partial charge in [-0.05, 0) is 51.1 Å². The van der Waals surface area contributed by atoms with Crippen molar-refractivity contribution in [3.05, 3.63) is 0 Å². The molecule has 0 aromatic carbocycles. The first-order chi connectivity index (χ1) is 8.90. The van der Waals surface area contributed by atoms with Gasteiger partial charge in [0.15, 0.2) is 5.11 Å². The molecule has 0 aromatic rings. The standard InChI is InChI=1S/C13H25N3O2S/c1-10(2)9-18-13(17)14-12(19)16(4)11-5-7-15(3)8-6-11/h10-11H,5-9H2,1-4H3,(H,14,17,19). The van der Waals surface area contributed by atoms with Gasteiger partial charge in [0.1, 0.15) is 0 Å². The van der Waals surface area contributed by atoms with Gasteiger partial charge in [0, 0.05) is 13.1 Å². The van der Waals surface area contributed by atoms with Gasteiger partial charge in [-0.2, -0.15) is 0 Å². The molecule has 19 heavy (non-hydrogen) atoms. The van der Waals surface area contributed by atoms with Crippen molar-refractivity contribution in [2.75, 3.05) is 33.8 Å². The maximum Gasteiger partial charge on any atom is 0.413 e. The summed E-state index contributed by atoms with van der Waals surface area (Å²) in [5, 5.41) is 3.07. The van der Waals surface area contributed by atoms with Gasteiger partial charge in [-0.15, -0.1) is 0 Å². The quantitative estimate of drug-likeness (QED) is 0.800. The molecule has 1 N–H and O–H groups in total. The second kappa shape index (κ2) is 7.65. The van der Waals surface area contributed by atoms with Crippen LogP contribution in [0.4, 0.5) is 4.79 Å². The summed E-state index contributed by atoms with van der Waals surface area (Å²) in [5.41, 5.74) is 0. The first kappa shape index (κ1) is 16.2. The molecule has 0 bridgehead atoms. The number of nitrogens with one attached hydrogen (secondary N) is 1. The molecule has 1 fully saturated rings. The molecule has 1 aliphatic rings. The Labute approximate surface area is 121 Å². The number of hydrogen-bond donors (Lipinski definition) is 1. The van der Waals surface area contributed by atoms with Crippen LogP contribution in [0.15, 0.2) is 0 Å². The smallest absolute Gasteiger partial charge is 0.413 e. The summed E-state index contributed by atoms with van der Waals surface area (Å²) in [6.45, 7) is 6.53. The molecule has 1 saturated heterocycles. The number of nitrogens with zero attached hydrogens (tertiary/aromatic N) is 2. The largest absolute Gasteiger partial charge is 0.449 e. The fraction of sp³-hybridized carbons (Fsp3) is 0.846. The van der Waals surface area contributed by atoms with E-state index in [0.29, 0.717) is 23.7 Å². The van der Waals surface area contributed by atoms with Gasteiger partial charge >= 0.3 is 6.09 Å². The first-order valence-corrected chi connectivity index (χ1v) is 7.20. The molecule has 0 aromatic heterocycles. The molecule has 1 amide bonds. The van der Waals surface area contributed by atoms with Crippen molar-refractivity contribution >= 4 is 23.4 Å². The van der Waals surface area contributed by atoms with Crippen LogP contribution in [0.3, 0.4) is 0 Å². The number of ether oxygens (including phenoxy) is 1. The third-order valence-electron chi connectivity index (χ3n) is 3.31. The number of alkyl carbamates (subject to hydrolysis) is 1. The summed E-state index contributed by atoms with van der Waals surface area (Å²) in [6.07, 6.45) is 1.67. The topological polar surface area (TPSA) is 44.8 Å². The van der Waals surface area contributed by atoms with E-state index >= 15 is 0 Å². The average Bonchev–Trinajstić information content (AvgIpc) is 2.36. The Bertz CT molecular complexity index is 315. The lowest BCUT2D eigenvalue weighted by molar-refractivity contribution is 0.136. The molecule has 0 aliphatic carbocycles. The van der Waals surface area contributed by atoms with Crippen LogP contribution in [-0.2, 0) is 4.74 Å². The molecule has 1 aliphatic heterocycles. The van der Waals surface area contributed by atoms with Crippen LogP contribution in [-0.4, -0.2) is 60.8 Å². The fourth-order valence-electron chi connectivity index (χ4n) is 2.00. The predicted molar refractivity (Wildman–Crippen MR) is 80.2 cm³/mol. The number of likely N-dealkylation sites (tertiary alicyclic amines) is 1. The summed E-state index contributed by atoms with van der Waals surface area (Å²) >= 11 is 5.24. The Hall–Kier alpha value is -0.880. The zero-order valence-electron chi connectivity index (χ0n) is 12.3. The van der Waals surface area contributed by atoms with Crippen molar-refractivity contribution in [1.29, 1.82) is 0 Å². The number of piperidine rings is 1. The lowest BCUT2D eigenvalue weighted by Crippen LogP contribution is -2.49. The Morgan fingerprint density at radius 2 is 2.05 bits per heavy atom. The second-order valence-electron chi connectivity index (χ2n) is 5.57. The second-order valence-corrected chi connectivity index (χ2v) is 5.95. The number of carbonyl (C=O) groups is 1. The van der Waals surface area contributed by atoms with E-state index in [1.165, 1.54) is 0 Å². The van der Waals surface area contributed by atoms with Gasteiger partial charge in [-0.1, -0.05) is 13.8 Å². The van der Waals surface area contributed by atoms with Crippen LogP contribution in [0.2, 0.25) is 0 Å². The van der Waals surface area contributed by atoms with Crippen molar-refractivity contribution in [1.82, 2.24) is 15.1 Å². The molecule has 1 rings (SSSR count). The Morgan fingerprint density at radius 1 is 1.47 bits per heavy atom. The van der Waals surface area contributed by atoms with Gasteiger partial charge in [0.25, 0.3) is 0 Å². The number of thiocarbonyl (C=S) groups is 1. The van der Waals surface area contributed by atoms with E-state index in [1.54, 1.807) is 0 Å². The molecular weight excluding hydrogens is 262 g/mol. The molecule has 6 heteroatoms.